The van der Waals surface area contributed by atoms with Crippen molar-refractivity contribution in [3.63, 3.8) is 0 Å². The van der Waals surface area contributed by atoms with Gasteiger partial charge >= 0.3 is 0 Å². The smallest absolute Gasteiger partial charge is 0.257 e. The first kappa shape index (κ1) is 17.2. The summed E-state index contributed by atoms with van der Waals surface area (Å²) in [5.41, 5.74) is 2.97. The number of nitrogens with zero attached hydrogens (tertiary/aromatic N) is 3. The lowest BCUT2D eigenvalue weighted by atomic mass is 10.1. The Labute approximate surface area is 163 Å². The fraction of sp³-hybridized carbons (Fsp3) is 0.0500. The van der Waals surface area contributed by atoms with Gasteiger partial charge < -0.3 is 10.4 Å². The Morgan fingerprint density at radius 3 is 2.70 bits per heavy atom. The first-order valence-electron chi connectivity index (χ1n) is 8.27. The molecule has 27 heavy (non-hydrogen) atoms. The van der Waals surface area contributed by atoms with E-state index in [4.69, 9.17) is 0 Å². The van der Waals surface area contributed by atoms with Crippen molar-refractivity contribution in [2.75, 3.05) is 0 Å². The molecule has 2 N–H and O–H groups in total. The highest BCUT2D eigenvalue weighted by Gasteiger charge is 2.17. The van der Waals surface area contributed by atoms with Crippen LogP contribution in [0, 0.1) is 0 Å². The van der Waals surface area contributed by atoms with E-state index in [-0.39, 0.29) is 11.8 Å². The highest BCUT2D eigenvalue weighted by atomic mass is 79.9. The molecule has 0 saturated carbocycles. The number of fused-ring (bicyclic) bond motifs is 1. The Kier molecular flexibility index (Phi) is 4.60. The van der Waals surface area contributed by atoms with Crippen LogP contribution in [-0.2, 0) is 6.54 Å². The van der Waals surface area contributed by atoms with E-state index in [0.29, 0.717) is 23.4 Å². The lowest BCUT2D eigenvalue weighted by Crippen LogP contribution is -2.22. The molecule has 0 aliphatic carbocycles. The first-order chi connectivity index (χ1) is 13.1. The van der Waals surface area contributed by atoms with E-state index in [2.05, 4.69) is 31.3 Å². The second kappa shape index (κ2) is 7.20. The van der Waals surface area contributed by atoms with Gasteiger partial charge in [-0.25, -0.2) is 4.98 Å². The van der Waals surface area contributed by atoms with Gasteiger partial charge in [-0.05, 0) is 17.7 Å². The van der Waals surface area contributed by atoms with E-state index in [1.807, 2.05) is 54.6 Å². The molecule has 0 aliphatic heterocycles. The Morgan fingerprint density at radius 1 is 1.11 bits per heavy atom. The summed E-state index contributed by atoms with van der Waals surface area (Å²) in [4.78, 5) is 17.2. The predicted molar refractivity (Wildman–Crippen MR) is 105 cm³/mol. The lowest BCUT2D eigenvalue weighted by Gasteiger charge is -2.07. The maximum Gasteiger partial charge on any atom is 0.257 e. The topological polar surface area (TPSA) is 79.5 Å². The average Bonchev–Trinajstić information content (AvgIpc) is 3.12. The molecule has 2 heterocycles. The van der Waals surface area contributed by atoms with E-state index in [9.17, 15) is 9.90 Å². The summed E-state index contributed by atoms with van der Waals surface area (Å²) in [5.74, 6) is -0.385. The summed E-state index contributed by atoms with van der Waals surface area (Å²) in [5, 5.41) is 17.2. The largest absolute Gasteiger partial charge is 0.493 e. The van der Waals surface area contributed by atoms with Gasteiger partial charge in [-0.15, -0.1) is 0 Å². The molecule has 0 radical (unpaired) electrons. The lowest BCUT2D eigenvalue weighted by molar-refractivity contribution is 0.0952. The first-order valence-corrected chi connectivity index (χ1v) is 9.07. The minimum absolute atomic E-state index is 0.0860. The van der Waals surface area contributed by atoms with Gasteiger partial charge in [-0.3, -0.25) is 4.79 Å². The van der Waals surface area contributed by atoms with Crippen LogP contribution in [0.2, 0.25) is 0 Å². The normalized spacial score (nSPS) is 10.9. The summed E-state index contributed by atoms with van der Waals surface area (Å²) in [7, 11) is 0. The fourth-order valence-electron chi connectivity index (χ4n) is 2.78. The van der Waals surface area contributed by atoms with E-state index in [1.165, 1.54) is 16.8 Å². The number of halogens is 1. The SMILES string of the molecule is O=C(NCc1ccccc1)c1cnn2c(O)cc(-c3cccc(Br)c3)nc12. The number of nitrogens with one attached hydrogen (secondary N) is 1. The van der Waals surface area contributed by atoms with Crippen LogP contribution in [0.15, 0.2) is 71.3 Å². The Bertz CT molecular complexity index is 1130. The molecule has 0 fully saturated rings. The minimum atomic E-state index is -0.299. The molecule has 6 nitrogen and oxygen atoms in total. The zero-order chi connectivity index (χ0) is 18.8. The molecule has 0 aliphatic rings. The molecule has 0 bridgehead atoms. The molecular formula is C20H15BrN4O2. The highest BCUT2D eigenvalue weighted by molar-refractivity contribution is 9.10. The zero-order valence-electron chi connectivity index (χ0n) is 14.1. The number of aromatic nitrogens is 3. The van der Waals surface area contributed by atoms with Crippen molar-refractivity contribution < 1.29 is 9.90 Å². The number of benzene rings is 2. The summed E-state index contributed by atoms with van der Waals surface area (Å²) >= 11 is 3.43. The fourth-order valence-corrected chi connectivity index (χ4v) is 3.18. The van der Waals surface area contributed by atoms with Crippen LogP contribution >= 0.6 is 15.9 Å². The van der Waals surface area contributed by atoms with E-state index < -0.39 is 0 Å². The second-order valence-corrected chi connectivity index (χ2v) is 6.89. The summed E-state index contributed by atoms with van der Waals surface area (Å²) in [6.07, 6.45) is 1.41. The Morgan fingerprint density at radius 2 is 1.93 bits per heavy atom. The third-order valence-corrected chi connectivity index (χ3v) is 4.61. The number of hydrogen-bond donors (Lipinski definition) is 2. The van der Waals surface area contributed by atoms with Crippen molar-refractivity contribution in [2.45, 2.75) is 6.54 Å². The zero-order valence-corrected chi connectivity index (χ0v) is 15.7. The van der Waals surface area contributed by atoms with Crippen LogP contribution < -0.4 is 5.32 Å². The van der Waals surface area contributed by atoms with Crippen molar-refractivity contribution in [2.24, 2.45) is 0 Å². The highest BCUT2D eigenvalue weighted by Crippen LogP contribution is 2.26. The van der Waals surface area contributed by atoms with Crippen LogP contribution in [0.5, 0.6) is 5.88 Å². The minimum Gasteiger partial charge on any atom is -0.493 e. The van der Waals surface area contributed by atoms with Crippen LogP contribution in [0.3, 0.4) is 0 Å². The van der Waals surface area contributed by atoms with Crippen molar-refractivity contribution in [1.82, 2.24) is 19.9 Å². The molecule has 2 aromatic heterocycles. The molecule has 0 unspecified atom stereocenters. The van der Waals surface area contributed by atoms with Crippen molar-refractivity contribution in [1.29, 1.82) is 0 Å². The standard InChI is InChI=1S/C20H15BrN4O2/c21-15-8-4-7-14(9-15)17-10-18(26)25-19(24-17)16(12-23-25)20(27)22-11-13-5-2-1-3-6-13/h1-10,12,26H,11H2,(H,22,27). The average molecular weight is 423 g/mol. The third kappa shape index (κ3) is 3.54. The number of carbonyl (C=O) groups excluding carboxylic acids is 1. The summed E-state index contributed by atoms with van der Waals surface area (Å²) in [6.45, 7) is 0.397. The van der Waals surface area contributed by atoms with Gasteiger partial charge in [0.1, 0.15) is 5.56 Å². The maximum absolute atomic E-state index is 12.6. The van der Waals surface area contributed by atoms with E-state index in [0.717, 1.165) is 15.6 Å². The van der Waals surface area contributed by atoms with Crippen molar-refractivity contribution >= 4 is 27.5 Å². The molecule has 134 valence electrons. The number of amides is 1. The van der Waals surface area contributed by atoms with Crippen LogP contribution in [-0.4, -0.2) is 25.6 Å². The molecule has 0 atom stereocenters. The van der Waals surface area contributed by atoms with Gasteiger partial charge in [0.2, 0.25) is 5.88 Å². The van der Waals surface area contributed by atoms with E-state index in [1.54, 1.807) is 0 Å². The van der Waals surface area contributed by atoms with Gasteiger partial charge in [0, 0.05) is 22.6 Å². The third-order valence-electron chi connectivity index (χ3n) is 4.11. The van der Waals surface area contributed by atoms with Gasteiger partial charge in [0.15, 0.2) is 5.65 Å². The Hall–Kier alpha value is -3.19. The quantitative estimate of drug-likeness (QED) is 0.524. The van der Waals surface area contributed by atoms with Crippen LogP contribution in [0.4, 0.5) is 0 Å². The van der Waals surface area contributed by atoms with E-state index >= 15 is 0 Å². The number of carbonyl (C=O) groups is 1. The molecule has 4 rings (SSSR count). The molecule has 0 spiro atoms. The van der Waals surface area contributed by atoms with Crippen molar-refractivity contribution in [3.8, 4) is 17.1 Å². The van der Waals surface area contributed by atoms with Crippen LogP contribution in [0.1, 0.15) is 15.9 Å². The molecule has 0 saturated heterocycles. The van der Waals surface area contributed by atoms with Crippen LogP contribution in [0.25, 0.3) is 16.9 Å². The molecule has 4 aromatic rings. The summed E-state index contributed by atoms with van der Waals surface area (Å²) < 4.78 is 2.15. The monoisotopic (exact) mass is 422 g/mol. The van der Waals surface area contributed by atoms with Gasteiger partial charge in [0.05, 0.1) is 11.9 Å². The van der Waals surface area contributed by atoms with Crippen molar-refractivity contribution in [3.05, 3.63) is 82.5 Å². The van der Waals surface area contributed by atoms with Gasteiger partial charge in [-0.1, -0.05) is 58.4 Å². The predicted octanol–water partition coefficient (Wildman–Crippen LogP) is 3.79. The maximum atomic E-state index is 12.6. The molecule has 1 amide bonds. The molecule has 7 heteroatoms. The second-order valence-electron chi connectivity index (χ2n) is 5.97. The molecule has 2 aromatic carbocycles. The number of rotatable bonds is 4. The van der Waals surface area contributed by atoms with Gasteiger partial charge in [-0.2, -0.15) is 9.61 Å². The van der Waals surface area contributed by atoms with Gasteiger partial charge in [0.25, 0.3) is 5.91 Å². The molecular weight excluding hydrogens is 408 g/mol. The number of hydrogen-bond acceptors (Lipinski definition) is 4. The number of aromatic hydroxyl groups is 1. The summed E-state index contributed by atoms with van der Waals surface area (Å²) in [6, 6.07) is 18.7. The Balaban J connectivity index is 1.68.